The van der Waals surface area contributed by atoms with E-state index in [0.29, 0.717) is 35.5 Å². The van der Waals surface area contributed by atoms with Crippen molar-refractivity contribution in [3.63, 3.8) is 0 Å². The van der Waals surface area contributed by atoms with Crippen molar-refractivity contribution in [3.05, 3.63) is 62.5 Å². The highest BCUT2D eigenvalue weighted by Gasteiger charge is 2.40. The lowest BCUT2D eigenvalue weighted by atomic mass is 9.80. The van der Waals surface area contributed by atoms with Crippen LogP contribution in [0.15, 0.2) is 46.8 Å². The Balaban J connectivity index is 2.09. The summed E-state index contributed by atoms with van der Waals surface area (Å²) in [5, 5.41) is 13.2. The van der Waals surface area contributed by atoms with E-state index in [-0.39, 0.29) is 11.1 Å². The zero-order valence-corrected chi connectivity index (χ0v) is 19.1. The molecular weight excluding hydrogens is 432 g/mol. The lowest BCUT2D eigenvalue weighted by Gasteiger charge is -2.33. The van der Waals surface area contributed by atoms with E-state index in [2.05, 4.69) is 5.32 Å². The highest BCUT2D eigenvalue weighted by atomic mass is 17.0. The Labute approximate surface area is 191 Å². The quantitative estimate of drug-likeness (QED) is 0.371. The van der Waals surface area contributed by atoms with Gasteiger partial charge in [-0.2, -0.15) is 0 Å². The number of allylic oxidation sites excluding steroid dienone is 2. The number of benzene rings is 1. The molecular formula is C23H28N2O8. The molecule has 1 heterocycles. The number of para-hydroxylation sites is 1. The number of methoxy groups -OCH3 is 2. The third-order valence-electron chi connectivity index (χ3n) is 5.94. The number of hydrogen-bond donors (Lipinski definition) is 1. The molecule has 178 valence electrons. The summed E-state index contributed by atoms with van der Waals surface area (Å²) in [6, 6.07) is 6.99. The fourth-order valence-corrected chi connectivity index (χ4v) is 4.48. The van der Waals surface area contributed by atoms with Crippen LogP contribution in [0.4, 0.5) is 0 Å². The summed E-state index contributed by atoms with van der Waals surface area (Å²) in [7, 11) is 2.54. The van der Waals surface area contributed by atoms with Crippen LogP contribution in [-0.2, 0) is 23.9 Å². The Morgan fingerprint density at radius 1 is 0.970 bits per heavy atom. The number of nitrogens with zero attached hydrogens (tertiary/aromatic N) is 1. The Morgan fingerprint density at radius 3 is 2.06 bits per heavy atom. The van der Waals surface area contributed by atoms with E-state index in [4.69, 9.17) is 19.0 Å². The van der Waals surface area contributed by atoms with Gasteiger partial charge in [-0.3, -0.25) is 0 Å². The molecule has 1 aromatic rings. The lowest BCUT2D eigenvalue weighted by molar-refractivity contribution is -0.771. The fraction of sp³-hybridized carbons (Fsp3) is 0.478. The van der Waals surface area contributed by atoms with Gasteiger partial charge in [0, 0.05) is 17.0 Å². The molecule has 1 N–H and O–H groups in total. The highest BCUT2D eigenvalue weighted by Crippen LogP contribution is 2.43. The molecule has 1 aliphatic heterocycles. The van der Waals surface area contributed by atoms with E-state index in [1.165, 1.54) is 14.2 Å². The maximum atomic E-state index is 12.8. The SMILES string of the molecule is COC(=O)C1=C(C)NC(C)=C(C(=O)OC)C1c1ccccc1OC1CCCCC1O[N+](=O)[O-]. The highest BCUT2D eigenvalue weighted by molar-refractivity contribution is 6.00. The van der Waals surface area contributed by atoms with Crippen LogP contribution in [0.3, 0.4) is 0 Å². The molecule has 1 saturated carbocycles. The molecule has 1 fully saturated rings. The first-order valence-corrected chi connectivity index (χ1v) is 10.7. The molecule has 0 amide bonds. The van der Waals surface area contributed by atoms with E-state index in [1.807, 2.05) is 0 Å². The predicted octanol–water partition coefficient (Wildman–Crippen LogP) is 3.17. The van der Waals surface area contributed by atoms with Crippen LogP contribution < -0.4 is 10.1 Å². The second-order valence-electron chi connectivity index (χ2n) is 7.96. The standard InChI is InChI=1S/C23H28N2O8/c1-13-19(22(26)30-3)21(20(14(2)24-13)23(27)31-4)15-9-5-6-10-16(15)32-17-11-7-8-12-18(17)33-25(28)29/h5-6,9-10,17-18,21,24H,7-8,11-12H2,1-4H3. The van der Waals surface area contributed by atoms with Crippen LogP contribution in [0.2, 0.25) is 0 Å². The first kappa shape index (κ1) is 24.1. The van der Waals surface area contributed by atoms with Gasteiger partial charge in [-0.1, -0.05) is 24.6 Å². The van der Waals surface area contributed by atoms with Crippen molar-refractivity contribution in [1.82, 2.24) is 5.32 Å². The molecule has 10 nitrogen and oxygen atoms in total. The molecule has 10 heteroatoms. The van der Waals surface area contributed by atoms with Crippen LogP contribution in [0.1, 0.15) is 51.0 Å². The number of hydrogen-bond acceptors (Lipinski definition) is 9. The largest absolute Gasteiger partial charge is 0.488 e. The van der Waals surface area contributed by atoms with E-state index in [9.17, 15) is 19.7 Å². The molecule has 0 saturated heterocycles. The number of ether oxygens (including phenoxy) is 3. The number of dihydropyridines is 1. The van der Waals surface area contributed by atoms with Crippen molar-refractivity contribution in [2.75, 3.05) is 14.2 Å². The van der Waals surface area contributed by atoms with Gasteiger partial charge in [-0.25, -0.2) is 9.59 Å². The monoisotopic (exact) mass is 460 g/mol. The molecule has 1 aromatic carbocycles. The average Bonchev–Trinajstić information content (AvgIpc) is 2.79. The summed E-state index contributed by atoms with van der Waals surface area (Å²) in [4.78, 5) is 41.4. The Morgan fingerprint density at radius 2 is 1.52 bits per heavy atom. The molecule has 2 unspecified atom stereocenters. The minimum atomic E-state index is -0.819. The van der Waals surface area contributed by atoms with Gasteiger partial charge < -0.3 is 24.4 Å². The molecule has 0 bridgehead atoms. The number of carbonyl (C=O) groups is 2. The third kappa shape index (κ3) is 5.10. The summed E-state index contributed by atoms with van der Waals surface area (Å²) in [6.45, 7) is 3.45. The zero-order chi connectivity index (χ0) is 24.1. The fourth-order valence-electron chi connectivity index (χ4n) is 4.48. The molecule has 2 atom stereocenters. The van der Waals surface area contributed by atoms with Crippen molar-refractivity contribution in [2.45, 2.75) is 57.7 Å². The molecule has 33 heavy (non-hydrogen) atoms. The molecule has 2 aliphatic rings. The normalized spacial score (nSPS) is 21.2. The van der Waals surface area contributed by atoms with Gasteiger partial charge in [0.05, 0.1) is 31.3 Å². The van der Waals surface area contributed by atoms with Gasteiger partial charge in [-0.15, -0.1) is 10.1 Å². The predicted molar refractivity (Wildman–Crippen MR) is 117 cm³/mol. The summed E-state index contributed by atoms with van der Waals surface area (Å²) in [5.41, 5.74) is 2.13. The van der Waals surface area contributed by atoms with Crippen LogP contribution in [-0.4, -0.2) is 43.5 Å². The minimum Gasteiger partial charge on any atom is -0.488 e. The second-order valence-corrected chi connectivity index (χ2v) is 7.96. The maximum absolute atomic E-state index is 12.8. The topological polar surface area (TPSA) is 126 Å². The summed E-state index contributed by atoms with van der Waals surface area (Å²) in [6.07, 6.45) is 1.47. The third-order valence-corrected chi connectivity index (χ3v) is 5.94. The first-order chi connectivity index (χ1) is 15.8. The van der Waals surface area contributed by atoms with Crippen molar-refractivity contribution in [3.8, 4) is 5.75 Å². The smallest absolute Gasteiger partial charge is 0.336 e. The maximum Gasteiger partial charge on any atom is 0.336 e. The van der Waals surface area contributed by atoms with Crippen molar-refractivity contribution in [2.24, 2.45) is 0 Å². The van der Waals surface area contributed by atoms with Crippen molar-refractivity contribution < 1.29 is 33.7 Å². The molecule has 0 aromatic heterocycles. The Hall–Kier alpha value is -3.56. The molecule has 0 spiro atoms. The number of carbonyl (C=O) groups excluding carboxylic acids is 2. The summed E-state index contributed by atoms with van der Waals surface area (Å²) in [5.74, 6) is -1.61. The van der Waals surface area contributed by atoms with Crippen molar-refractivity contribution in [1.29, 1.82) is 0 Å². The van der Waals surface area contributed by atoms with Gasteiger partial charge in [0.2, 0.25) is 0 Å². The zero-order valence-electron chi connectivity index (χ0n) is 19.1. The van der Waals surface area contributed by atoms with Gasteiger partial charge >= 0.3 is 11.9 Å². The van der Waals surface area contributed by atoms with Crippen molar-refractivity contribution >= 4 is 11.9 Å². The lowest BCUT2D eigenvalue weighted by Crippen LogP contribution is -2.38. The van der Waals surface area contributed by atoms with E-state index >= 15 is 0 Å². The van der Waals surface area contributed by atoms with Crippen LogP contribution in [0.5, 0.6) is 5.75 Å². The van der Waals surface area contributed by atoms with Gasteiger partial charge in [0.15, 0.2) is 0 Å². The summed E-state index contributed by atoms with van der Waals surface area (Å²) >= 11 is 0. The molecule has 1 aliphatic carbocycles. The van der Waals surface area contributed by atoms with Gasteiger partial charge in [-0.05, 0) is 39.2 Å². The number of rotatable bonds is 7. The first-order valence-electron chi connectivity index (χ1n) is 10.7. The Bertz CT molecular complexity index is 962. The Kier molecular flexibility index (Phi) is 7.57. The molecule has 0 radical (unpaired) electrons. The van der Waals surface area contributed by atoms with Crippen LogP contribution in [0, 0.1) is 10.1 Å². The van der Waals surface area contributed by atoms with Gasteiger partial charge in [0.1, 0.15) is 18.0 Å². The van der Waals surface area contributed by atoms with E-state index < -0.39 is 35.2 Å². The second kappa shape index (κ2) is 10.4. The van der Waals surface area contributed by atoms with Crippen LogP contribution in [0.25, 0.3) is 0 Å². The van der Waals surface area contributed by atoms with Crippen LogP contribution >= 0.6 is 0 Å². The average molecular weight is 460 g/mol. The number of nitrogens with one attached hydrogen (secondary N) is 1. The van der Waals surface area contributed by atoms with Gasteiger partial charge in [0.25, 0.3) is 5.09 Å². The number of esters is 2. The van der Waals surface area contributed by atoms with E-state index in [0.717, 1.165) is 12.8 Å². The van der Waals surface area contributed by atoms with E-state index in [1.54, 1.807) is 38.1 Å². The summed E-state index contributed by atoms with van der Waals surface area (Å²) < 4.78 is 16.3. The molecule has 3 rings (SSSR count). The minimum absolute atomic E-state index is 0.251.